The summed E-state index contributed by atoms with van der Waals surface area (Å²) in [6, 6.07) is 55.0. The minimum absolute atomic E-state index is 0.102. The molecule has 3 saturated carbocycles. The topological polar surface area (TPSA) is 3.24 Å². The van der Waals surface area contributed by atoms with Gasteiger partial charge in [0.2, 0.25) is 0 Å². The molecule has 9 rings (SSSR count). The molecular weight excluding hydrogens is 579 g/mol. The van der Waals surface area contributed by atoms with Crippen molar-refractivity contribution in [1.82, 2.24) is 0 Å². The largest absolute Gasteiger partial charge is 0.311 e. The van der Waals surface area contributed by atoms with Gasteiger partial charge in [0.15, 0.2) is 0 Å². The lowest BCUT2D eigenvalue weighted by atomic mass is 9.65. The average molecular weight is 624 g/mol. The molecule has 0 aromatic heterocycles. The van der Waals surface area contributed by atoms with Crippen molar-refractivity contribution in [2.24, 2.45) is 11.8 Å². The van der Waals surface area contributed by atoms with Crippen LogP contribution < -0.4 is 4.90 Å². The Kier molecular flexibility index (Phi) is 7.65. The summed E-state index contributed by atoms with van der Waals surface area (Å²) in [4.78, 5) is 2.46. The zero-order chi connectivity index (χ0) is 31.9. The molecular formula is C47H45N. The first-order valence-electron chi connectivity index (χ1n) is 18.4. The fraction of sp³-hybridized carbons (Fsp3) is 0.277. The van der Waals surface area contributed by atoms with E-state index in [1.807, 2.05) is 0 Å². The van der Waals surface area contributed by atoms with Crippen LogP contribution in [0.15, 0.2) is 146 Å². The molecule has 0 saturated heterocycles. The van der Waals surface area contributed by atoms with E-state index in [1.165, 1.54) is 113 Å². The molecule has 3 aliphatic rings. The fourth-order valence-electron chi connectivity index (χ4n) is 9.82. The van der Waals surface area contributed by atoms with Crippen molar-refractivity contribution in [3.8, 4) is 11.1 Å². The van der Waals surface area contributed by atoms with Crippen LogP contribution in [0.25, 0.3) is 21.9 Å². The van der Waals surface area contributed by atoms with Gasteiger partial charge < -0.3 is 4.90 Å². The van der Waals surface area contributed by atoms with E-state index in [0.717, 1.165) is 17.8 Å². The Labute approximate surface area is 286 Å². The van der Waals surface area contributed by atoms with Gasteiger partial charge in [-0.1, -0.05) is 135 Å². The van der Waals surface area contributed by atoms with Gasteiger partial charge in [0.1, 0.15) is 0 Å². The fourth-order valence-corrected chi connectivity index (χ4v) is 9.82. The van der Waals surface area contributed by atoms with Crippen molar-refractivity contribution < 1.29 is 0 Å². The van der Waals surface area contributed by atoms with Gasteiger partial charge in [0, 0.05) is 22.5 Å². The summed E-state index contributed by atoms with van der Waals surface area (Å²) in [5.41, 5.74) is 10.7. The maximum atomic E-state index is 2.46. The number of hydrogen-bond acceptors (Lipinski definition) is 1. The lowest BCUT2D eigenvalue weighted by molar-refractivity contribution is 0.346. The molecule has 3 aliphatic carbocycles. The molecule has 238 valence electrons. The van der Waals surface area contributed by atoms with Gasteiger partial charge >= 0.3 is 0 Å². The van der Waals surface area contributed by atoms with Gasteiger partial charge in [-0.3, -0.25) is 0 Å². The molecule has 2 bridgehead atoms. The Balaban J connectivity index is 1.09. The summed E-state index contributed by atoms with van der Waals surface area (Å²) in [7, 11) is 0. The normalized spacial score (nSPS) is 21.4. The number of hydrogen-bond donors (Lipinski definition) is 0. The third-order valence-corrected chi connectivity index (χ3v) is 12.3. The minimum atomic E-state index is 0.102. The zero-order valence-corrected chi connectivity index (χ0v) is 27.9. The van der Waals surface area contributed by atoms with Crippen LogP contribution in [0.3, 0.4) is 0 Å². The van der Waals surface area contributed by atoms with Crippen molar-refractivity contribution in [2.45, 2.75) is 69.1 Å². The third-order valence-electron chi connectivity index (χ3n) is 12.3. The highest BCUT2D eigenvalue weighted by Crippen LogP contribution is 2.53. The summed E-state index contributed by atoms with van der Waals surface area (Å²) in [5.74, 6) is 2.59. The van der Waals surface area contributed by atoms with Crippen molar-refractivity contribution in [2.75, 3.05) is 4.90 Å². The van der Waals surface area contributed by atoms with E-state index < -0.39 is 0 Å². The first-order valence-corrected chi connectivity index (χ1v) is 18.4. The van der Waals surface area contributed by atoms with Gasteiger partial charge in [0.05, 0.1) is 0 Å². The molecule has 0 heterocycles. The van der Waals surface area contributed by atoms with Crippen LogP contribution in [0.1, 0.15) is 80.4 Å². The lowest BCUT2D eigenvalue weighted by Gasteiger charge is -2.39. The Morgan fingerprint density at radius 2 is 1.12 bits per heavy atom. The van der Waals surface area contributed by atoms with Crippen molar-refractivity contribution >= 4 is 27.8 Å². The summed E-state index contributed by atoms with van der Waals surface area (Å²) in [5, 5.41) is 2.58. The summed E-state index contributed by atoms with van der Waals surface area (Å²) in [6.07, 6.45) is 12.1. The SMILES string of the molecule is c1ccc(C2(c3ccc(N(c4ccc(-c5cccc6ccccc56)cc4)c4ccc(C5CC6CCC5C6)cc4)cc3)CCCCC2)cc1. The Bertz CT molecular complexity index is 1990. The van der Waals surface area contributed by atoms with Crippen LogP contribution in [-0.2, 0) is 5.41 Å². The molecule has 6 aromatic rings. The molecule has 3 fully saturated rings. The summed E-state index contributed by atoms with van der Waals surface area (Å²) >= 11 is 0. The molecule has 0 aliphatic heterocycles. The molecule has 0 radical (unpaired) electrons. The third kappa shape index (κ3) is 5.25. The monoisotopic (exact) mass is 623 g/mol. The number of fused-ring (bicyclic) bond motifs is 3. The lowest BCUT2D eigenvalue weighted by Crippen LogP contribution is -2.30. The standard InChI is InChI=1S/C47H45N/c1-3-12-39(13-4-1)47(30-7-2-8-31-47)40-22-28-43(29-23-40)48(42-26-20-37(21-27-42)46-33-34-16-17-38(46)32-34)41-24-18-36(19-25-41)45-15-9-11-35-10-5-6-14-44(35)45/h1,3-6,9-15,18-29,34,38,46H,2,7-8,16-17,30-33H2. The highest BCUT2D eigenvalue weighted by atomic mass is 15.1. The second-order valence-corrected chi connectivity index (χ2v) is 14.8. The van der Waals surface area contributed by atoms with Gasteiger partial charge in [-0.05, 0) is 125 Å². The maximum Gasteiger partial charge on any atom is 0.0462 e. The first kappa shape index (κ1) is 29.5. The van der Waals surface area contributed by atoms with Crippen LogP contribution in [0.2, 0.25) is 0 Å². The van der Waals surface area contributed by atoms with E-state index in [-0.39, 0.29) is 5.41 Å². The molecule has 3 atom stereocenters. The van der Waals surface area contributed by atoms with Crippen LogP contribution in [0.5, 0.6) is 0 Å². The van der Waals surface area contributed by atoms with E-state index in [0.29, 0.717) is 0 Å². The number of rotatable bonds is 7. The Hall–Kier alpha value is -4.62. The number of nitrogens with zero attached hydrogens (tertiary/aromatic N) is 1. The van der Waals surface area contributed by atoms with Crippen LogP contribution in [0.4, 0.5) is 17.1 Å². The second kappa shape index (κ2) is 12.4. The van der Waals surface area contributed by atoms with Crippen LogP contribution in [-0.4, -0.2) is 0 Å². The van der Waals surface area contributed by atoms with Gasteiger partial charge in [0.25, 0.3) is 0 Å². The van der Waals surface area contributed by atoms with Crippen molar-refractivity contribution in [3.63, 3.8) is 0 Å². The predicted octanol–water partition coefficient (Wildman–Crippen LogP) is 13.1. The van der Waals surface area contributed by atoms with Gasteiger partial charge in [-0.2, -0.15) is 0 Å². The average Bonchev–Trinajstić information content (AvgIpc) is 3.81. The van der Waals surface area contributed by atoms with E-state index in [9.17, 15) is 0 Å². The van der Waals surface area contributed by atoms with Crippen LogP contribution in [0, 0.1) is 11.8 Å². The van der Waals surface area contributed by atoms with Crippen molar-refractivity contribution in [1.29, 1.82) is 0 Å². The molecule has 48 heavy (non-hydrogen) atoms. The first-order chi connectivity index (χ1) is 23.7. The molecule has 1 nitrogen and oxygen atoms in total. The molecule has 0 spiro atoms. The zero-order valence-electron chi connectivity index (χ0n) is 27.9. The molecule has 0 N–H and O–H groups in total. The maximum absolute atomic E-state index is 2.46. The number of benzene rings is 6. The minimum Gasteiger partial charge on any atom is -0.311 e. The quantitative estimate of drug-likeness (QED) is 0.171. The molecule has 0 amide bonds. The summed E-state index contributed by atoms with van der Waals surface area (Å²) < 4.78 is 0. The Morgan fingerprint density at radius 3 is 1.81 bits per heavy atom. The van der Waals surface area contributed by atoms with E-state index in [4.69, 9.17) is 0 Å². The second-order valence-electron chi connectivity index (χ2n) is 14.8. The van der Waals surface area contributed by atoms with E-state index in [2.05, 4.69) is 150 Å². The summed E-state index contributed by atoms with van der Waals surface area (Å²) in [6.45, 7) is 0. The number of anilines is 3. The van der Waals surface area contributed by atoms with Gasteiger partial charge in [-0.15, -0.1) is 0 Å². The van der Waals surface area contributed by atoms with Crippen molar-refractivity contribution in [3.05, 3.63) is 162 Å². The van der Waals surface area contributed by atoms with E-state index in [1.54, 1.807) is 0 Å². The smallest absolute Gasteiger partial charge is 0.0462 e. The van der Waals surface area contributed by atoms with Crippen LogP contribution >= 0.6 is 0 Å². The molecule has 6 aromatic carbocycles. The molecule has 3 unspecified atom stereocenters. The molecule has 1 heteroatoms. The Morgan fingerprint density at radius 1 is 0.500 bits per heavy atom. The predicted molar refractivity (Wildman–Crippen MR) is 203 cm³/mol. The highest BCUT2D eigenvalue weighted by molar-refractivity contribution is 5.97. The van der Waals surface area contributed by atoms with Gasteiger partial charge in [-0.25, -0.2) is 0 Å². The van der Waals surface area contributed by atoms with E-state index >= 15 is 0 Å². The highest BCUT2D eigenvalue weighted by Gasteiger charge is 2.40.